The number of anilines is 1. The fourth-order valence-corrected chi connectivity index (χ4v) is 4.40. The fraction of sp³-hybridized carbons (Fsp3) is 0.174. The average molecular weight is 452 g/mol. The molecule has 0 bridgehead atoms. The first kappa shape index (κ1) is 20.2. The van der Waals surface area contributed by atoms with Crippen molar-refractivity contribution < 1.29 is 23.5 Å². The van der Waals surface area contributed by atoms with Crippen LogP contribution >= 0.6 is 11.3 Å². The second-order valence-corrected chi connectivity index (χ2v) is 8.53. The quantitative estimate of drug-likeness (QED) is 0.459. The Morgan fingerprint density at radius 3 is 2.69 bits per heavy atom. The molecule has 1 N–H and O–H groups in total. The Morgan fingerprint density at radius 1 is 1.25 bits per heavy atom. The van der Waals surface area contributed by atoms with Crippen LogP contribution < -0.4 is 10.3 Å². The van der Waals surface area contributed by atoms with Crippen LogP contribution in [-0.4, -0.2) is 21.6 Å². The number of hydrogen-bond acceptors (Lipinski definition) is 5. The Labute approximate surface area is 184 Å². The lowest BCUT2D eigenvalue weighted by Crippen LogP contribution is -2.31. The van der Waals surface area contributed by atoms with Gasteiger partial charge in [0.15, 0.2) is 0 Å². The van der Waals surface area contributed by atoms with Gasteiger partial charge in [0.05, 0.1) is 28.9 Å². The molecule has 0 atom stereocenters. The van der Waals surface area contributed by atoms with Gasteiger partial charge in [-0.15, -0.1) is 11.3 Å². The molecule has 32 heavy (non-hydrogen) atoms. The van der Waals surface area contributed by atoms with Gasteiger partial charge < -0.3 is 14.1 Å². The molecule has 1 amide bonds. The molecular formula is C23H17FN2O5S. The van der Waals surface area contributed by atoms with Gasteiger partial charge >= 0.3 is 5.97 Å². The number of aromatic carboxylic acids is 1. The summed E-state index contributed by atoms with van der Waals surface area (Å²) < 4.78 is 22.4. The van der Waals surface area contributed by atoms with Crippen LogP contribution in [0.1, 0.15) is 44.7 Å². The van der Waals surface area contributed by atoms with Gasteiger partial charge in [-0.3, -0.25) is 14.5 Å². The number of carbonyl (C=O) groups excluding carboxylic acids is 1. The van der Waals surface area contributed by atoms with Crippen LogP contribution in [0, 0.1) is 5.82 Å². The van der Waals surface area contributed by atoms with E-state index in [1.807, 2.05) is 0 Å². The highest BCUT2D eigenvalue weighted by molar-refractivity contribution is 7.12. The molecule has 0 radical (unpaired) electrons. The molecule has 4 aromatic rings. The average Bonchev–Trinajstić information content (AvgIpc) is 3.24. The van der Waals surface area contributed by atoms with E-state index < -0.39 is 28.7 Å². The normalized spacial score (nSPS) is 13.4. The topological polar surface area (TPSA) is 92.8 Å². The first-order valence-corrected chi connectivity index (χ1v) is 10.8. The number of rotatable bonds is 6. The number of aromatic nitrogens is 1. The van der Waals surface area contributed by atoms with Crippen LogP contribution in [0.15, 0.2) is 63.4 Å². The smallest absolute Gasteiger partial charge is 0.341 e. The Bertz CT molecular complexity index is 1390. The molecule has 3 heterocycles. The monoisotopic (exact) mass is 452 g/mol. The molecule has 1 aromatic carbocycles. The number of hydrogen-bond donors (Lipinski definition) is 1. The van der Waals surface area contributed by atoms with Crippen LogP contribution in [0.25, 0.3) is 10.9 Å². The van der Waals surface area contributed by atoms with E-state index in [9.17, 15) is 19.5 Å². The van der Waals surface area contributed by atoms with Gasteiger partial charge in [-0.2, -0.15) is 0 Å². The van der Waals surface area contributed by atoms with E-state index in [1.165, 1.54) is 34.8 Å². The Morgan fingerprint density at radius 2 is 2.06 bits per heavy atom. The van der Waals surface area contributed by atoms with Crippen molar-refractivity contribution in [3.05, 3.63) is 86.5 Å². The van der Waals surface area contributed by atoms with Gasteiger partial charge in [0.1, 0.15) is 17.1 Å². The van der Waals surface area contributed by atoms with E-state index in [0.717, 1.165) is 18.9 Å². The van der Waals surface area contributed by atoms with Crippen LogP contribution in [0.5, 0.6) is 0 Å². The lowest BCUT2D eigenvalue weighted by molar-refractivity contribution is 0.0694. The number of carboxylic acids is 1. The molecule has 0 unspecified atom stereocenters. The number of halogens is 1. The minimum atomic E-state index is -1.36. The van der Waals surface area contributed by atoms with E-state index in [1.54, 1.807) is 34.2 Å². The molecule has 3 aromatic heterocycles. The summed E-state index contributed by atoms with van der Waals surface area (Å²) >= 11 is 1.24. The SMILES string of the molecule is O=C(O)c1cn(C2CC2)c2cc(N(Cc3ccco3)C(=O)c3cccs3)c(F)cc2c1=O. The van der Waals surface area contributed by atoms with Crippen molar-refractivity contribution in [2.75, 3.05) is 4.90 Å². The Kier molecular flexibility index (Phi) is 4.90. The third-order valence-corrected chi connectivity index (χ3v) is 6.29. The second-order valence-electron chi connectivity index (χ2n) is 7.58. The van der Waals surface area contributed by atoms with Crippen molar-refractivity contribution in [3.63, 3.8) is 0 Å². The summed E-state index contributed by atoms with van der Waals surface area (Å²) in [4.78, 5) is 39.2. The predicted molar refractivity (Wildman–Crippen MR) is 117 cm³/mol. The number of carbonyl (C=O) groups is 2. The number of furan rings is 1. The zero-order valence-electron chi connectivity index (χ0n) is 16.7. The molecule has 7 nitrogen and oxygen atoms in total. The first-order chi connectivity index (χ1) is 15.4. The molecule has 0 saturated heterocycles. The molecular weight excluding hydrogens is 435 g/mol. The van der Waals surface area contributed by atoms with Crippen LogP contribution in [-0.2, 0) is 6.54 Å². The molecule has 1 saturated carbocycles. The fourth-order valence-electron chi connectivity index (χ4n) is 3.73. The van der Waals surface area contributed by atoms with E-state index in [0.29, 0.717) is 16.2 Å². The van der Waals surface area contributed by atoms with Crippen LogP contribution in [0.3, 0.4) is 0 Å². The number of fused-ring (bicyclic) bond motifs is 1. The van der Waals surface area contributed by atoms with Gasteiger partial charge in [-0.25, -0.2) is 9.18 Å². The van der Waals surface area contributed by atoms with Crippen molar-refractivity contribution in [1.29, 1.82) is 0 Å². The molecule has 1 aliphatic rings. The highest BCUT2D eigenvalue weighted by Gasteiger charge is 2.29. The van der Waals surface area contributed by atoms with Crippen molar-refractivity contribution in [1.82, 2.24) is 4.57 Å². The molecule has 9 heteroatoms. The lowest BCUT2D eigenvalue weighted by atomic mass is 10.1. The standard InChI is InChI=1S/C23H17FN2O5S/c24-17-9-15-18(25(13-5-6-13)12-16(21(15)27)23(29)30)10-19(17)26(11-14-3-1-7-31-14)22(28)20-4-2-8-32-20/h1-4,7-10,12-13H,5-6,11H2,(H,29,30). The first-order valence-electron chi connectivity index (χ1n) is 9.93. The Hall–Kier alpha value is -3.72. The maximum Gasteiger partial charge on any atom is 0.341 e. The maximum atomic E-state index is 15.3. The molecule has 0 spiro atoms. The van der Waals surface area contributed by atoms with Crippen molar-refractivity contribution in [3.8, 4) is 0 Å². The number of carboxylic acid groups (broad SMARTS) is 1. The van der Waals surface area contributed by atoms with Crippen molar-refractivity contribution in [2.45, 2.75) is 25.4 Å². The summed E-state index contributed by atoms with van der Waals surface area (Å²) in [6.45, 7) is -0.00691. The molecule has 1 fully saturated rings. The van der Waals surface area contributed by atoms with Crippen molar-refractivity contribution >= 4 is 39.8 Å². The van der Waals surface area contributed by atoms with Gasteiger partial charge in [0.2, 0.25) is 5.43 Å². The predicted octanol–water partition coefficient (Wildman–Crippen LogP) is 4.68. The summed E-state index contributed by atoms with van der Waals surface area (Å²) in [6.07, 6.45) is 4.43. The number of benzene rings is 1. The number of amides is 1. The van der Waals surface area contributed by atoms with Crippen LogP contribution in [0.2, 0.25) is 0 Å². The zero-order valence-corrected chi connectivity index (χ0v) is 17.5. The highest BCUT2D eigenvalue weighted by atomic mass is 32.1. The molecule has 162 valence electrons. The van der Waals surface area contributed by atoms with E-state index in [2.05, 4.69) is 0 Å². The lowest BCUT2D eigenvalue weighted by Gasteiger charge is -2.23. The van der Waals surface area contributed by atoms with Crippen LogP contribution in [0.4, 0.5) is 10.1 Å². The van der Waals surface area contributed by atoms with E-state index >= 15 is 4.39 Å². The molecule has 5 rings (SSSR count). The molecule has 1 aliphatic carbocycles. The Balaban J connectivity index is 1.71. The summed E-state index contributed by atoms with van der Waals surface area (Å²) in [5, 5.41) is 11.1. The summed E-state index contributed by atoms with van der Waals surface area (Å²) in [7, 11) is 0. The largest absolute Gasteiger partial charge is 0.477 e. The summed E-state index contributed by atoms with van der Waals surface area (Å²) in [5.41, 5.74) is -0.776. The second kappa shape index (κ2) is 7.76. The van der Waals surface area contributed by atoms with Crippen molar-refractivity contribution in [2.24, 2.45) is 0 Å². The van der Waals surface area contributed by atoms with Gasteiger partial charge in [-0.05, 0) is 48.6 Å². The van der Waals surface area contributed by atoms with E-state index in [4.69, 9.17) is 4.42 Å². The third kappa shape index (κ3) is 3.50. The minimum absolute atomic E-state index is 0.00691. The zero-order chi connectivity index (χ0) is 22.4. The minimum Gasteiger partial charge on any atom is -0.477 e. The summed E-state index contributed by atoms with van der Waals surface area (Å²) in [5.74, 6) is -2.09. The maximum absolute atomic E-state index is 15.3. The van der Waals surface area contributed by atoms with E-state index in [-0.39, 0.29) is 23.7 Å². The van der Waals surface area contributed by atoms with Gasteiger partial charge in [0.25, 0.3) is 5.91 Å². The number of nitrogens with zero attached hydrogens (tertiary/aromatic N) is 2. The molecule has 0 aliphatic heterocycles. The number of pyridine rings is 1. The summed E-state index contributed by atoms with van der Waals surface area (Å²) in [6, 6.07) is 9.25. The van der Waals surface area contributed by atoms with Gasteiger partial charge in [0, 0.05) is 17.6 Å². The third-order valence-electron chi connectivity index (χ3n) is 5.43. The number of thiophene rings is 1. The van der Waals surface area contributed by atoms with Gasteiger partial charge in [-0.1, -0.05) is 6.07 Å². The highest BCUT2D eigenvalue weighted by Crippen LogP contribution is 2.38.